The third-order valence-electron chi connectivity index (χ3n) is 5.22. The van der Waals surface area contributed by atoms with Gasteiger partial charge >= 0.3 is 0 Å². The summed E-state index contributed by atoms with van der Waals surface area (Å²) < 4.78 is 39.1. The van der Waals surface area contributed by atoms with E-state index in [1.807, 2.05) is 32.0 Å². The first-order valence-corrected chi connectivity index (χ1v) is 11.9. The first-order valence-electron chi connectivity index (χ1n) is 10.5. The van der Waals surface area contributed by atoms with Gasteiger partial charge in [0.25, 0.3) is 10.0 Å². The van der Waals surface area contributed by atoms with Gasteiger partial charge in [0.1, 0.15) is 18.0 Å². The molecule has 0 saturated carbocycles. The van der Waals surface area contributed by atoms with E-state index in [1.54, 1.807) is 30.3 Å². The van der Waals surface area contributed by atoms with Crippen LogP contribution in [-0.2, 0) is 21.2 Å². The van der Waals surface area contributed by atoms with Gasteiger partial charge in [0.2, 0.25) is 5.91 Å². The van der Waals surface area contributed by atoms with Crippen molar-refractivity contribution in [2.45, 2.75) is 25.2 Å². The molecule has 0 aliphatic heterocycles. The van der Waals surface area contributed by atoms with Crippen molar-refractivity contribution in [1.29, 1.82) is 0 Å². The smallest absolute Gasteiger partial charge is 0.264 e. The molecule has 0 aliphatic rings. The lowest BCUT2D eigenvalue weighted by molar-refractivity contribution is -0.114. The number of carbonyl (C=O) groups excluding carboxylic acids is 1. The zero-order valence-corrected chi connectivity index (χ0v) is 20.0. The van der Waals surface area contributed by atoms with E-state index in [-0.39, 0.29) is 10.6 Å². The molecule has 0 aromatic heterocycles. The number of aryl methyl sites for hydroxylation is 2. The molecule has 1 N–H and O–H groups in total. The summed E-state index contributed by atoms with van der Waals surface area (Å²) in [6.07, 6.45) is 0.728. The first-order chi connectivity index (χ1) is 15.8. The summed E-state index contributed by atoms with van der Waals surface area (Å²) in [6.45, 7) is 3.41. The Labute approximate surface area is 195 Å². The minimum Gasteiger partial charge on any atom is -0.497 e. The Kier molecular flexibility index (Phi) is 7.60. The lowest BCUT2D eigenvalue weighted by Crippen LogP contribution is -2.38. The van der Waals surface area contributed by atoms with Gasteiger partial charge in [0.15, 0.2) is 0 Å². The van der Waals surface area contributed by atoms with Crippen LogP contribution in [-0.4, -0.2) is 35.1 Å². The van der Waals surface area contributed by atoms with Crippen molar-refractivity contribution in [3.05, 3.63) is 77.9 Å². The number of methoxy groups -OCH3 is 2. The second kappa shape index (κ2) is 10.4. The zero-order chi connectivity index (χ0) is 24.0. The monoisotopic (exact) mass is 468 g/mol. The number of hydrogen-bond donors (Lipinski definition) is 1. The highest BCUT2D eigenvalue weighted by atomic mass is 32.2. The summed E-state index contributed by atoms with van der Waals surface area (Å²) in [5, 5.41) is 2.84. The Bertz CT molecular complexity index is 1220. The second-order valence-electron chi connectivity index (χ2n) is 7.42. The molecule has 0 fully saturated rings. The number of nitrogens with zero attached hydrogens (tertiary/aromatic N) is 1. The Balaban J connectivity index is 2.06. The van der Waals surface area contributed by atoms with Crippen LogP contribution in [0.25, 0.3) is 0 Å². The molecule has 3 rings (SSSR count). The maximum Gasteiger partial charge on any atom is 0.264 e. The molecule has 0 bridgehead atoms. The molecule has 0 radical (unpaired) electrons. The van der Waals surface area contributed by atoms with E-state index in [1.165, 1.54) is 32.4 Å². The summed E-state index contributed by atoms with van der Waals surface area (Å²) in [6, 6.07) is 18.7. The van der Waals surface area contributed by atoms with E-state index >= 15 is 0 Å². The molecule has 3 aromatic rings. The molecule has 0 saturated heterocycles. The predicted molar refractivity (Wildman–Crippen MR) is 130 cm³/mol. The predicted octanol–water partition coefficient (Wildman–Crippen LogP) is 4.41. The lowest BCUT2D eigenvalue weighted by Gasteiger charge is -2.26. The van der Waals surface area contributed by atoms with Gasteiger partial charge in [-0.1, -0.05) is 42.8 Å². The lowest BCUT2D eigenvalue weighted by atomic mass is 10.1. The van der Waals surface area contributed by atoms with Crippen LogP contribution >= 0.6 is 0 Å². The van der Waals surface area contributed by atoms with Gasteiger partial charge in [-0.3, -0.25) is 9.10 Å². The number of nitrogens with one attached hydrogen (secondary N) is 1. The number of anilines is 2. The van der Waals surface area contributed by atoms with Crippen LogP contribution in [0.4, 0.5) is 11.4 Å². The summed E-state index contributed by atoms with van der Waals surface area (Å²) in [7, 11) is -1.17. The van der Waals surface area contributed by atoms with Crippen molar-refractivity contribution in [3.8, 4) is 11.5 Å². The summed E-state index contributed by atoms with van der Waals surface area (Å²) in [5.74, 6) is 0.261. The third kappa shape index (κ3) is 5.46. The molecule has 8 heteroatoms. The Hall–Kier alpha value is -3.52. The van der Waals surface area contributed by atoms with Gasteiger partial charge in [0.05, 0.1) is 24.8 Å². The molecule has 3 aromatic carbocycles. The van der Waals surface area contributed by atoms with Gasteiger partial charge in [-0.2, -0.15) is 0 Å². The normalized spacial score (nSPS) is 11.0. The summed E-state index contributed by atoms with van der Waals surface area (Å²) >= 11 is 0. The number of benzene rings is 3. The molecule has 0 heterocycles. The highest BCUT2D eigenvalue weighted by Crippen LogP contribution is 2.35. The van der Waals surface area contributed by atoms with Crippen molar-refractivity contribution in [3.63, 3.8) is 0 Å². The fraction of sp³-hybridized carbons (Fsp3) is 0.240. The van der Waals surface area contributed by atoms with Gasteiger partial charge in [-0.15, -0.1) is 0 Å². The third-order valence-corrected chi connectivity index (χ3v) is 7.00. The average molecular weight is 469 g/mol. The van der Waals surface area contributed by atoms with Crippen LogP contribution in [0.5, 0.6) is 11.5 Å². The van der Waals surface area contributed by atoms with Crippen LogP contribution in [0.1, 0.15) is 18.1 Å². The van der Waals surface area contributed by atoms with E-state index in [4.69, 9.17) is 9.47 Å². The van der Waals surface area contributed by atoms with Gasteiger partial charge < -0.3 is 14.8 Å². The second-order valence-corrected chi connectivity index (χ2v) is 9.28. The van der Waals surface area contributed by atoms with E-state index in [2.05, 4.69) is 5.32 Å². The minimum absolute atomic E-state index is 0.0692. The van der Waals surface area contributed by atoms with E-state index in [0.29, 0.717) is 17.2 Å². The van der Waals surface area contributed by atoms with Gasteiger partial charge in [-0.05, 0) is 49.2 Å². The van der Waals surface area contributed by atoms with Gasteiger partial charge in [-0.25, -0.2) is 8.42 Å². The highest BCUT2D eigenvalue weighted by Gasteiger charge is 2.30. The molecular weight excluding hydrogens is 440 g/mol. The number of hydrogen-bond acceptors (Lipinski definition) is 5. The van der Waals surface area contributed by atoms with Crippen molar-refractivity contribution in [1.82, 2.24) is 0 Å². The number of amides is 1. The number of para-hydroxylation sites is 1. The molecule has 0 aliphatic carbocycles. The van der Waals surface area contributed by atoms with Crippen molar-refractivity contribution < 1.29 is 22.7 Å². The largest absolute Gasteiger partial charge is 0.497 e. The maximum absolute atomic E-state index is 13.7. The fourth-order valence-electron chi connectivity index (χ4n) is 3.40. The molecule has 0 atom stereocenters. The van der Waals surface area contributed by atoms with Crippen molar-refractivity contribution >= 4 is 27.3 Å². The SMILES string of the molecule is CCc1ccccc1NC(=O)CN(c1cc(OC)ccc1OC)S(=O)(=O)c1ccc(C)cc1. The van der Waals surface area contributed by atoms with Crippen LogP contribution in [0.15, 0.2) is 71.6 Å². The number of carbonyl (C=O) groups is 1. The quantitative estimate of drug-likeness (QED) is 0.503. The van der Waals surface area contributed by atoms with Crippen molar-refractivity contribution in [2.75, 3.05) is 30.4 Å². The highest BCUT2D eigenvalue weighted by molar-refractivity contribution is 7.92. The number of ether oxygens (including phenoxy) is 2. The van der Waals surface area contributed by atoms with Crippen LogP contribution in [0.2, 0.25) is 0 Å². The van der Waals surface area contributed by atoms with E-state index < -0.39 is 22.5 Å². The van der Waals surface area contributed by atoms with Crippen molar-refractivity contribution in [2.24, 2.45) is 0 Å². The fourth-order valence-corrected chi connectivity index (χ4v) is 4.82. The van der Waals surface area contributed by atoms with E-state index in [9.17, 15) is 13.2 Å². The Morgan fingerprint density at radius 2 is 1.67 bits per heavy atom. The van der Waals surface area contributed by atoms with Crippen LogP contribution < -0.4 is 19.1 Å². The molecule has 33 heavy (non-hydrogen) atoms. The van der Waals surface area contributed by atoms with Crippen LogP contribution in [0.3, 0.4) is 0 Å². The minimum atomic E-state index is -4.09. The summed E-state index contributed by atoms with van der Waals surface area (Å²) in [5.41, 5.74) is 2.73. The Morgan fingerprint density at radius 1 is 0.970 bits per heavy atom. The molecule has 0 spiro atoms. The standard InChI is InChI=1S/C25H28N2O5S/c1-5-19-8-6-7-9-22(19)26-25(28)17-27(23-16-20(31-3)12-15-24(23)32-4)33(29,30)21-13-10-18(2)11-14-21/h6-16H,5,17H2,1-4H3,(H,26,28). The molecule has 1 amide bonds. The molecule has 0 unspecified atom stereocenters. The van der Waals surface area contributed by atoms with Gasteiger partial charge in [0, 0.05) is 11.8 Å². The van der Waals surface area contributed by atoms with Crippen LogP contribution in [0, 0.1) is 6.92 Å². The molecule has 174 valence electrons. The maximum atomic E-state index is 13.7. The molecule has 7 nitrogen and oxygen atoms in total. The number of sulfonamides is 1. The summed E-state index contributed by atoms with van der Waals surface area (Å²) in [4.78, 5) is 13.1. The number of rotatable bonds is 9. The topological polar surface area (TPSA) is 84.9 Å². The molecular formula is C25H28N2O5S. The Morgan fingerprint density at radius 3 is 2.30 bits per heavy atom. The zero-order valence-electron chi connectivity index (χ0n) is 19.2. The van der Waals surface area contributed by atoms with E-state index in [0.717, 1.165) is 21.9 Å². The average Bonchev–Trinajstić information content (AvgIpc) is 2.82. The first kappa shape index (κ1) is 24.1.